The van der Waals surface area contributed by atoms with Crippen LogP contribution >= 0.6 is 0 Å². The Bertz CT molecular complexity index is 775. The Labute approximate surface area is 141 Å². The van der Waals surface area contributed by atoms with Gasteiger partial charge in [0, 0.05) is 43.5 Å². The number of nitriles is 1. The molecule has 0 saturated heterocycles. The predicted octanol–water partition coefficient (Wildman–Crippen LogP) is 3.63. The van der Waals surface area contributed by atoms with Gasteiger partial charge in [0.15, 0.2) is 0 Å². The minimum atomic E-state index is -0.259. The van der Waals surface area contributed by atoms with Gasteiger partial charge < -0.3 is 9.47 Å². The first-order valence-corrected chi connectivity index (χ1v) is 8.13. The number of hydrogen-bond acceptors (Lipinski definition) is 3. The maximum atomic E-state index is 13.1. The number of hydrogen-bond donors (Lipinski definition) is 0. The molecule has 4 nitrogen and oxygen atoms in total. The van der Waals surface area contributed by atoms with E-state index in [9.17, 15) is 9.18 Å². The van der Waals surface area contributed by atoms with E-state index in [2.05, 4.69) is 11.0 Å². The van der Waals surface area contributed by atoms with E-state index in [4.69, 9.17) is 5.26 Å². The maximum Gasteiger partial charge on any atom is 0.251 e. The highest BCUT2D eigenvalue weighted by Crippen LogP contribution is 2.17. The van der Waals surface area contributed by atoms with Crippen LogP contribution < -0.4 is 10.5 Å². The number of aromatic nitrogens is 1. The fraction of sp³-hybridized carbons (Fsp3) is 0.368. The summed E-state index contributed by atoms with van der Waals surface area (Å²) in [4.78, 5) is 14.4. The van der Waals surface area contributed by atoms with E-state index >= 15 is 0 Å². The molecular formula is C19H22FN3O. The smallest absolute Gasteiger partial charge is 0.251 e. The Morgan fingerprint density at radius 3 is 2.54 bits per heavy atom. The van der Waals surface area contributed by atoms with Gasteiger partial charge in [-0.15, -0.1) is 0 Å². The third-order valence-corrected chi connectivity index (χ3v) is 4.01. The van der Waals surface area contributed by atoms with Gasteiger partial charge in [-0.2, -0.15) is 5.26 Å². The van der Waals surface area contributed by atoms with Gasteiger partial charge in [0.05, 0.1) is 6.07 Å². The average molecular weight is 327 g/mol. The molecule has 2 aromatic rings. The van der Waals surface area contributed by atoms with Crippen molar-refractivity contribution in [2.75, 3.05) is 11.4 Å². The molecule has 5 heteroatoms. The van der Waals surface area contributed by atoms with E-state index in [-0.39, 0.29) is 11.4 Å². The summed E-state index contributed by atoms with van der Waals surface area (Å²) in [6, 6.07) is 12.1. The molecule has 0 amide bonds. The van der Waals surface area contributed by atoms with Crippen molar-refractivity contribution in [3.63, 3.8) is 0 Å². The van der Waals surface area contributed by atoms with Crippen molar-refractivity contribution in [2.45, 2.75) is 39.8 Å². The van der Waals surface area contributed by atoms with Crippen LogP contribution in [0.2, 0.25) is 0 Å². The fourth-order valence-electron chi connectivity index (χ4n) is 2.75. The lowest BCUT2D eigenvalue weighted by molar-refractivity contribution is 0.612. The zero-order chi connectivity index (χ0) is 17.5. The predicted molar refractivity (Wildman–Crippen MR) is 93.4 cm³/mol. The monoisotopic (exact) mass is 327 g/mol. The van der Waals surface area contributed by atoms with Crippen LogP contribution in [-0.4, -0.2) is 11.1 Å². The molecule has 1 heterocycles. The molecule has 1 aromatic heterocycles. The summed E-state index contributed by atoms with van der Waals surface area (Å²) in [5.74, 6) is -0.259. The first kappa shape index (κ1) is 17.7. The normalized spacial score (nSPS) is 10.4. The summed E-state index contributed by atoms with van der Waals surface area (Å²) in [6.07, 6.45) is 1.12. The van der Waals surface area contributed by atoms with Crippen molar-refractivity contribution < 1.29 is 4.39 Å². The zero-order valence-corrected chi connectivity index (χ0v) is 14.1. The highest BCUT2D eigenvalue weighted by molar-refractivity contribution is 5.46. The number of pyridine rings is 1. The SMILES string of the molecule is CCN(Cc1cc(C)n(CCCC#N)c(=O)c1)c1ccc(F)cc1. The molecule has 2 rings (SSSR count). The van der Waals surface area contributed by atoms with Crippen LogP contribution in [0.3, 0.4) is 0 Å². The third kappa shape index (κ3) is 4.45. The second kappa shape index (κ2) is 8.30. The number of anilines is 1. The summed E-state index contributed by atoms with van der Waals surface area (Å²) in [5, 5.41) is 8.61. The molecule has 0 bridgehead atoms. The van der Waals surface area contributed by atoms with Gasteiger partial charge in [0.25, 0.3) is 5.56 Å². The largest absolute Gasteiger partial charge is 0.367 e. The molecule has 0 aliphatic carbocycles. The molecule has 0 N–H and O–H groups in total. The number of unbranched alkanes of at least 4 members (excludes halogenated alkanes) is 1. The molecule has 24 heavy (non-hydrogen) atoms. The Kier molecular flexibility index (Phi) is 6.14. The minimum Gasteiger partial charge on any atom is -0.367 e. The van der Waals surface area contributed by atoms with Crippen LogP contribution in [0.5, 0.6) is 0 Å². The molecule has 0 unspecified atom stereocenters. The lowest BCUT2D eigenvalue weighted by atomic mass is 10.2. The van der Waals surface area contributed by atoms with Gasteiger partial charge in [-0.1, -0.05) is 0 Å². The quantitative estimate of drug-likeness (QED) is 0.730. The van der Waals surface area contributed by atoms with Crippen LogP contribution in [0.4, 0.5) is 10.1 Å². The highest BCUT2D eigenvalue weighted by atomic mass is 19.1. The first-order valence-electron chi connectivity index (χ1n) is 8.13. The molecule has 0 fully saturated rings. The number of halogens is 1. The standard InChI is InChI=1S/C19H22FN3O/c1-3-22(18-8-6-17(20)7-9-18)14-16-12-15(2)23(19(24)13-16)11-5-4-10-21/h6-9,12-13H,3-5,11,14H2,1-2H3. The summed E-state index contributed by atoms with van der Waals surface area (Å²) >= 11 is 0. The zero-order valence-electron chi connectivity index (χ0n) is 14.1. The molecule has 0 saturated carbocycles. The summed E-state index contributed by atoms with van der Waals surface area (Å²) < 4.78 is 14.8. The van der Waals surface area contributed by atoms with Crippen LogP contribution in [-0.2, 0) is 13.1 Å². The van der Waals surface area contributed by atoms with Crippen molar-refractivity contribution in [3.8, 4) is 6.07 Å². The summed E-state index contributed by atoms with van der Waals surface area (Å²) in [5.41, 5.74) is 2.71. The number of benzene rings is 1. The highest BCUT2D eigenvalue weighted by Gasteiger charge is 2.09. The van der Waals surface area contributed by atoms with Gasteiger partial charge in [0.1, 0.15) is 5.82 Å². The van der Waals surface area contributed by atoms with Crippen LogP contribution in [0, 0.1) is 24.1 Å². The second-order valence-corrected chi connectivity index (χ2v) is 5.75. The molecule has 1 aromatic carbocycles. The first-order chi connectivity index (χ1) is 11.5. The van der Waals surface area contributed by atoms with E-state index < -0.39 is 0 Å². The minimum absolute atomic E-state index is 0.0434. The third-order valence-electron chi connectivity index (χ3n) is 4.01. The van der Waals surface area contributed by atoms with E-state index in [1.165, 1.54) is 12.1 Å². The van der Waals surface area contributed by atoms with Crippen LogP contribution in [0.1, 0.15) is 31.0 Å². The topological polar surface area (TPSA) is 49.0 Å². The van der Waals surface area contributed by atoms with Crippen molar-refractivity contribution in [1.29, 1.82) is 5.26 Å². The molecular weight excluding hydrogens is 305 g/mol. The Morgan fingerprint density at radius 1 is 1.25 bits per heavy atom. The molecule has 0 aliphatic rings. The lowest BCUT2D eigenvalue weighted by Crippen LogP contribution is -2.26. The van der Waals surface area contributed by atoms with E-state index in [1.54, 1.807) is 22.8 Å². The van der Waals surface area contributed by atoms with Crippen molar-refractivity contribution in [2.24, 2.45) is 0 Å². The molecule has 126 valence electrons. The van der Waals surface area contributed by atoms with Crippen molar-refractivity contribution in [3.05, 3.63) is 63.8 Å². The van der Waals surface area contributed by atoms with Gasteiger partial charge in [0.2, 0.25) is 0 Å². The van der Waals surface area contributed by atoms with E-state index in [1.807, 2.05) is 19.9 Å². The summed E-state index contributed by atoms with van der Waals surface area (Å²) in [7, 11) is 0. The molecule has 0 radical (unpaired) electrons. The lowest BCUT2D eigenvalue weighted by Gasteiger charge is -2.23. The maximum absolute atomic E-state index is 13.1. The van der Waals surface area contributed by atoms with Crippen molar-refractivity contribution in [1.82, 2.24) is 4.57 Å². The van der Waals surface area contributed by atoms with Gasteiger partial charge in [-0.3, -0.25) is 4.79 Å². The van der Waals surface area contributed by atoms with Crippen molar-refractivity contribution >= 4 is 5.69 Å². The van der Waals surface area contributed by atoms with Gasteiger partial charge >= 0.3 is 0 Å². The van der Waals surface area contributed by atoms with Gasteiger partial charge in [-0.25, -0.2) is 4.39 Å². The average Bonchev–Trinajstić information content (AvgIpc) is 2.56. The fourth-order valence-corrected chi connectivity index (χ4v) is 2.75. The molecule has 0 atom stereocenters. The number of rotatable bonds is 7. The van der Waals surface area contributed by atoms with Gasteiger partial charge in [-0.05, 0) is 56.2 Å². The summed E-state index contributed by atoms with van der Waals surface area (Å²) in [6.45, 7) is 5.85. The Balaban J connectivity index is 2.18. The molecule has 0 aliphatic heterocycles. The van der Waals surface area contributed by atoms with E-state index in [0.717, 1.165) is 23.5 Å². The van der Waals surface area contributed by atoms with E-state index in [0.29, 0.717) is 25.9 Å². The number of nitrogens with zero attached hydrogens (tertiary/aromatic N) is 3. The molecule has 0 spiro atoms. The van der Waals surface area contributed by atoms with Crippen LogP contribution in [0.15, 0.2) is 41.2 Å². The van der Waals surface area contributed by atoms with Crippen LogP contribution in [0.25, 0.3) is 0 Å². The Hall–Kier alpha value is -2.61. The second-order valence-electron chi connectivity index (χ2n) is 5.75. The Morgan fingerprint density at radius 2 is 1.96 bits per heavy atom. The number of aryl methyl sites for hydroxylation is 1.